The summed E-state index contributed by atoms with van der Waals surface area (Å²) in [6.07, 6.45) is 7.15. The molecule has 0 N–H and O–H groups in total. The van der Waals surface area contributed by atoms with Crippen LogP contribution in [-0.4, -0.2) is 29.8 Å². The van der Waals surface area contributed by atoms with E-state index in [0.29, 0.717) is 18.2 Å². The second-order valence-electron chi connectivity index (χ2n) is 5.08. The van der Waals surface area contributed by atoms with Crippen molar-refractivity contribution in [3.8, 4) is 0 Å². The highest BCUT2D eigenvalue weighted by Gasteiger charge is 2.36. The Labute approximate surface area is 86.0 Å². The van der Waals surface area contributed by atoms with E-state index in [4.69, 9.17) is 0 Å². The molecule has 0 aromatic heterocycles. The zero-order valence-corrected chi connectivity index (χ0v) is 9.12. The maximum atomic E-state index is 11.4. The topological polar surface area (TPSA) is 20.3 Å². The van der Waals surface area contributed by atoms with E-state index in [-0.39, 0.29) is 5.41 Å². The summed E-state index contributed by atoms with van der Waals surface area (Å²) in [4.78, 5) is 13.9. The molecule has 0 radical (unpaired) electrons. The Hall–Kier alpha value is -0.630. The molecule has 0 aromatic carbocycles. The molecule has 1 aliphatic carbocycles. The largest absolute Gasteiger partial charge is 0.299 e. The van der Waals surface area contributed by atoms with Crippen LogP contribution in [0.3, 0.4) is 0 Å². The van der Waals surface area contributed by atoms with Crippen molar-refractivity contribution in [3.63, 3.8) is 0 Å². The number of hydrogen-bond acceptors (Lipinski definition) is 2. The number of rotatable bonds is 1. The number of hydrogen-bond donors (Lipinski definition) is 0. The van der Waals surface area contributed by atoms with Crippen molar-refractivity contribution < 1.29 is 4.79 Å². The van der Waals surface area contributed by atoms with Gasteiger partial charge in [-0.25, -0.2) is 0 Å². The Kier molecular flexibility index (Phi) is 2.48. The molecule has 1 heterocycles. The third-order valence-electron chi connectivity index (χ3n) is 3.53. The summed E-state index contributed by atoms with van der Waals surface area (Å²) in [5, 5.41) is 0. The van der Waals surface area contributed by atoms with Crippen molar-refractivity contribution >= 4 is 5.78 Å². The number of nitrogens with zero attached hydrogens (tertiary/aromatic N) is 1. The van der Waals surface area contributed by atoms with Gasteiger partial charge in [0.15, 0.2) is 5.78 Å². The lowest BCUT2D eigenvalue weighted by molar-refractivity contribution is -0.117. The van der Waals surface area contributed by atoms with Crippen LogP contribution in [0.1, 0.15) is 33.1 Å². The molecule has 78 valence electrons. The third-order valence-corrected chi connectivity index (χ3v) is 3.53. The zero-order valence-electron chi connectivity index (χ0n) is 9.12. The normalized spacial score (nSPS) is 32.4. The van der Waals surface area contributed by atoms with E-state index in [1.165, 1.54) is 25.9 Å². The Morgan fingerprint density at radius 2 is 2.00 bits per heavy atom. The Balaban J connectivity index is 2.16. The lowest BCUT2D eigenvalue weighted by Gasteiger charge is -2.40. The van der Waals surface area contributed by atoms with Gasteiger partial charge in [0.2, 0.25) is 0 Å². The number of carbonyl (C=O) groups is 1. The van der Waals surface area contributed by atoms with Crippen molar-refractivity contribution in [3.05, 3.63) is 12.2 Å². The molecule has 0 amide bonds. The zero-order chi connectivity index (χ0) is 10.2. The van der Waals surface area contributed by atoms with Crippen LogP contribution in [0.5, 0.6) is 0 Å². The molecule has 1 unspecified atom stereocenters. The first kappa shape index (κ1) is 9.91. The SMILES string of the molecule is CC1(C)C=CC(=O)CC1N1CCCC1. The fourth-order valence-electron chi connectivity index (χ4n) is 2.59. The Bertz CT molecular complexity index is 261. The van der Waals surface area contributed by atoms with E-state index < -0.39 is 0 Å². The Morgan fingerprint density at radius 1 is 1.36 bits per heavy atom. The molecule has 1 fully saturated rings. The van der Waals surface area contributed by atoms with Crippen molar-refractivity contribution in [2.75, 3.05) is 13.1 Å². The van der Waals surface area contributed by atoms with Crippen molar-refractivity contribution in [2.45, 2.75) is 39.2 Å². The minimum absolute atomic E-state index is 0.165. The molecule has 1 atom stereocenters. The van der Waals surface area contributed by atoms with Crippen molar-refractivity contribution in [1.29, 1.82) is 0 Å². The van der Waals surface area contributed by atoms with Crippen LogP contribution in [0.4, 0.5) is 0 Å². The third kappa shape index (κ3) is 1.76. The van der Waals surface area contributed by atoms with E-state index >= 15 is 0 Å². The molecule has 1 aliphatic heterocycles. The summed E-state index contributed by atoms with van der Waals surface area (Å²) in [5.41, 5.74) is 0.165. The molecule has 2 nitrogen and oxygen atoms in total. The smallest absolute Gasteiger partial charge is 0.156 e. The second kappa shape index (κ2) is 3.50. The highest BCUT2D eigenvalue weighted by molar-refractivity contribution is 5.91. The highest BCUT2D eigenvalue weighted by Crippen LogP contribution is 2.34. The first-order valence-electron chi connectivity index (χ1n) is 5.56. The second-order valence-corrected chi connectivity index (χ2v) is 5.08. The van der Waals surface area contributed by atoms with E-state index in [9.17, 15) is 4.79 Å². The van der Waals surface area contributed by atoms with Crippen LogP contribution in [0.25, 0.3) is 0 Å². The van der Waals surface area contributed by atoms with Gasteiger partial charge in [-0.2, -0.15) is 0 Å². The van der Waals surface area contributed by atoms with Gasteiger partial charge in [-0.3, -0.25) is 9.69 Å². The monoisotopic (exact) mass is 193 g/mol. The number of carbonyl (C=O) groups excluding carboxylic acids is 1. The van der Waals surface area contributed by atoms with Gasteiger partial charge in [-0.15, -0.1) is 0 Å². The summed E-state index contributed by atoms with van der Waals surface area (Å²) in [5.74, 6) is 0.293. The van der Waals surface area contributed by atoms with Gasteiger partial charge in [0.25, 0.3) is 0 Å². The lowest BCUT2D eigenvalue weighted by atomic mass is 9.77. The fourth-order valence-corrected chi connectivity index (χ4v) is 2.59. The molecule has 0 aromatic rings. The predicted molar refractivity (Wildman–Crippen MR) is 57.1 cm³/mol. The first-order chi connectivity index (χ1) is 6.59. The fraction of sp³-hybridized carbons (Fsp3) is 0.750. The van der Waals surface area contributed by atoms with Crippen LogP contribution in [0.15, 0.2) is 12.2 Å². The van der Waals surface area contributed by atoms with Crippen molar-refractivity contribution in [2.24, 2.45) is 5.41 Å². The quantitative estimate of drug-likeness (QED) is 0.635. The summed E-state index contributed by atoms with van der Waals surface area (Å²) in [7, 11) is 0. The maximum absolute atomic E-state index is 11.4. The molecule has 14 heavy (non-hydrogen) atoms. The first-order valence-corrected chi connectivity index (χ1v) is 5.56. The standard InChI is InChI=1S/C12H19NO/c1-12(2)6-5-10(14)9-11(12)13-7-3-4-8-13/h5-6,11H,3-4,7-9H2,1-2H3. The number of ketones is 1. The summed E-state index contributed by atoms with van der Waals surface area (Å²) >= 11 is 0. The summed E-state index contributed by atoms with van der Waals surface area (Å²) < 4.78 is 0. The van der Waals surface area contributed by atoms with E-state index in [2.05, 4.69) is 24.8 Å². The van der Waals surface area contributed by atoms with Gasteiger partial charge >= 0.3 is 0 Å². The van der Waals surface area contributed by atoms with E-state index in [0.717, 1.165) is 0 Å². The molecular formula is C12H19NO. The van der Waals surface area contributed by atoms with Gasteiger partial charge in [0.05, 0.1) is 0 Å². The number of allylic oxidation sites excluding steroid dienone is 1. The van der Waals surface area contributed by atoms with Gasteiger partial charge in [-0.1, -0.05) is 19.9 Å². The van der Waals surface area contributed by atoms with Crippen LogP contribution >= 0.6 is 0 Å². The van der Waals surface area contributed by atoms with Crippen molar-refractivity contribution in [1.82, 2.24) is 4.90 Å². The molecule has 1 saturated heterocycles. The summed E-state index contributed by atoms with van der Waals surface area (Å²) in [6, 6.07) is 0.433. The molecule has 2 aliphatic rings. The molecule has 0 bridgehead atoms. The average molecular weight is 193 g/mol. The van der Waals surface area contributed by atoms with E-state index in [1.54, 1.807) is 6.08 Å². The maximum Gasteiger partial charge on any atom is 0.156 e. The average Bonchev–Trinajstić information content (AvgIpc) is 2.62. The van der Waals surface area contributed by atoms with Gasteiger partial charge in [0, 0.05) is 12.5 Å². The number of likely N-dealkylation sites (tertiary alicyclic amines) is 1. The predicted octanol–water partition coefficient (Wildman–Crippen LogP) is 2.01. The molecular weight excluding hydrogens is 174 g/mol. The highest BCUT2D eigenvalue weighted by atomic mass is 16.1. The van der Waals surface area contributed by atoms with Gasteiger partial charge in [0.1, 0.15) is 0 Å². The van der Waals surface area contributed by atoms with Gasteiger partial charge < -0.3 is 0 Å². The van der Waals surface area contributed by atoms with Crippen LogP contribution in [0, 0.1) is 5.41 Å². The van der Waals surface area contributed by atoms with Crippen LogP contribution in [0.2, 0.25) is 0 Å². The minimum Gasteiger partial charge on any atom is -0.299 e. The van der Waals surface area contributed by atoms with E-state index in [1.807, 2.05) is 0 Å². The molecule has 0 spiro atoms. The van der Waals surface area contributed by atoms with Crippen LogP contribution < -0.4 is 0 Å². The minimum atomic E-state index is 0.165. The molecule has 2 rings (SSSR count). The van der Waals surface area contributed by atoms with Crippen LogP contribution in [-0.2, 0) is 4.79 Å². The molecule has 2 heteroatoms. The Morgan fingerprint density at radius 3 is 2.64 bits per heavy atom. The summed E-state index contributed by atoms with van der Waals surface area (Å²) in [6.45, 7) is 6.82. The molecule has 0 saturated carbocycles. The lowest BCUT2D eigenvalue weighted by Crippen LogP contribution is -2.46. The van der Waals surface area contributed by atoms with Gasteiger partial charge in [-0.05, 0) is 37.4 Å².